The van der Waals surface area contributed by atoms with Crippen molar-refractivity contribution < 1.29 is 0 Å². The first-order valence-electron chi connectivity index (χ1n) is 3.29. The summed E-state index contributed by atoms with van der Waals surface area (Å²) in [6.07, 6.45) is 0. The Bertz CT molecular complexity index is 430. The van der Waals surface area contributed by atoms with E-state index in [-0.39, 0.29) is 0 Å². The Morgan fingerprint density at radius 2 is 1.85 bits per heavy atom. The maximum Gasteiger partial charge on any atom is 0.102 e. The average molecular weight is 269 g/mol. The summed E-state index contributed by atoms with van der Waals surface area (Å²) >= 11 is 20.3. The van der Waals surface area contributed by atoms with Gasteiger partial charge in [0.15, 0.2) is 0 Å². The third-order valence-corrected chi connectivity index (χ3v) is 3.93. The van der Waals surface area contributed by atoms with Gasteiger partial charge in [-0.1, -0.05) is 34.8 Å². The molecular formula is C8H2Cl3S2. The maximum absolute atomic E-state index is 5.96. The molecule has 5 heteroatoms. The fourth-order valence-electron chi connectivity index (χ4n) is 0.933. The minimum absolute atomic E-state index is 0.677. The molecule has 2 heterocycles. The highest BCUT2D eigenvalue weighted by Crippen LogP contribution is 2.39. The van der Waals surface area contributed by atoms with Crippen molar-refractivity contribution in [3.63, 3.8) is 0 Å². The Morgan fingerprint density at radius 3 is 2.31 bits per heavy atom. The van der Waals surface area contributed by atoms with E-state index in [9.17, 15) is 0 Å². The van der Waals surface area contributed by atoms with Crippen molar-refractivity contribution in [2.45, 2.75) is 0 Å². The average Bonchev–Trinajstić information content (AvgIpc) is 2.58. The summed E-state index contributed by atoms with van der Waals surface area (Å²) in [5.74, 6) is 0. The van der Waals surface area contributed by atoms with Crippen molar-refractivity contribution in [3.8, 4) is 11.1 Å². The van der Waals surface area contributed by atoms with Crippen LogP contribution in [-0.2, 0) is 0 Å². The molecule has 0 N–H and O–H groups in total. The molecule has 2 aromatic heterocycles. The minimum atomic E-state index is 0.677. The summed E-state index contributed by atoms with van der Waals surface area (Å²) < 4.78 is 2.06. The molecule has 0 saturated heterocycles. The fourth-order valence-corrected chi connectivity index (χ4v) is 3.20. The maximum atomic E-state index is 5.96. The molecule has 0 unspecified atom stereocenters. The predicted molar refractivity (Wildman–Crippen MR) is 61.5 cm³/mol. The second kappa shape index (κ2) is 3.79. The third-order valence-electron chi connectivity index (χ3n) is 1.46. The lowest BCUT2D eigenvalue weighted by Gasteiger charge is -1.89. The molecule has 0 fully saturated rings. The molecule has 2 aromatic rings. The highest BCUT2D eigenvalue weighted by molar-refractivity contribution is 7.20. The number of thiophene rings is 2. The molecule has 0 nitrogen and oxygen atoms in total. The molecule has 0 spiro atoms. The molecule has 67 valence electrons. The highest BCUT2D eigenvalue weighted by atomic mass is 35.5. The number of rotatable bonds is 1. The first-order chi connectivity index (χ1) is 6.16. The summed E-state index contributed by atoms with van der Waals surface area (Å²) in [5.41, 5.74) is 1.81. The summed E-state index contributed by atoms with van der Waals surface area (Å²) in [7, 11) is 0. The minimum Gasteiger partial charge on any atom is -0.122 e. The zero-order valence-corrected chi connectivity index (χ0v) is 10.0. The van der Waals surface area contributed by atoms with Crippen molar-refractivity contribution >= 4 is 57.5 Å². The van der Waals surface area contributed by atoms with Crippen molar-refractivity contribution in [2.75, 3.05) is 0 Å². The van der Waals surface area contributed by atoms with Crippen LogP contribution in [0.15, 0.2) is 12.1 Å². The van der Waals surface area contributed by atoms with Crippen LogP contribution >= 0.6 is 57.5 Å². The van der Waals surface area contributed by atoms with E-state index in [1.165, 1.54) is 22.7 Å². The number of hydrogen-bond donors (Lipinski definition) is 0. The van der Waals surface area contributed by atoms with Gasteiger partial charge in [-0.2, -0.15) is 0 Å². The smallest absolute Gasteiger partial charge is 0.102 e. The lowest BCUT2D eigenvalue weighted by Crippen LogP contribution is -1.65. The molecule has 2 rings (SSSR count). The van der Waals surface area contributed by atoms with Crippen molar-refractivity contribution in [1.82, 2.24) is 0 Å². The fraction of sp³-hybridized carbons (Fsp3) is 0. The van der Waals surface area contributed by atoms with Gasteiger partial charge < -0.3 is 0 Å². The Kier molecular flexibility index (Phi) is 2.86. The van der Waals surface area contributed by atoms with Crippen LogP contribution < -0.4 is 0 Å². The summed E-state index contributed by atoms with van der Waals surface area (Å²) in [5, 5.41) is 3.05. The summed E-state index contributed by atoms with van der Waals surface area (Å²) in [6.45, 7) is 0. The van der Waals surface area contributed by atoms with Gasteiger partial charge in [0.2, 0.25) is 0 Å². The number of hydrogen-bond acceptors (Lipinski definition) is 2. The molecular weight excluding hydrogens is 267 g/mol. The van der Waals surface area contributed by atoms with E-state index < -0.39 is 0 Å². The molecule has 0 aliphatic carbocycles. The first kappa shape index (κ1) is 9.81. The molecule has 0 amide bonds. The number of halogens is 3. The van der Waals surface area contributed by atoms with E-state index in [1.54, 1.807) is 0 Å². The lowest BCUT2D eigenvalue weighted by atomic mass is 10.2. The molecule has 0 aliphatic heterocycles. The molecule has 0 bridgehead atoms. The van der Waals surface area contributed by atoms with Gasteiger partial charge >= 0.3 is 0 Å². The van der Waals surface area contributed by atoms with Gasteiger partial charge in [-0.05, 0) is 12.1 Å². The Hall–Kier alpha value is 0.270. The summed E-state index contributed by atoms with van der Waals surface area (Å²) in [4.78, 5) is 0. The second-order valence-electron chi connectivity index (χ2n) is 2.30. The molecule has 0 aromatic carbocycles. The van der Waals surface area contributed by atoms with Crippen molar-refractivity contribution in [3.05, 3.63) is 30.5 Å². The monoisotopic (exact) mass is 267 g/mol. The van der Waals surface area contributed by atoms with Crippen LogP contribution in [0.5, 0.6) is 0 Å². The van der Waals surface area contributed by atoms with Crippen LogP contribution in [0.25, 0.3) is 11.1 Å². The van der Waals surface area contributed by atoms with E-state index >= 15 is 0 Å². The molecule has 0 atom stereocenters. The van der Waals surface area contributed by atoms with Gasteiger partial charge in [0.1, 0.15) is 4.34 Å². The molecule has 13 heavy (non-hydrogen) atoms. The second-order valence-corrected chi connectivity index (χ2v) is 6.07. The lowest BCUT2D eigenvalue weighted by molar-refractivity contribution is 1.83. The van der Waals surface area contributed by atoms with Gasteiger partial charge in [-0.3, -0.25) is 0 Å². The van der Waals surface area contributed by atoms with Crippen LogP contribution in [0.4, 0.5) is 0 Å². The molecule has 0 aliphatic rings. The van der Waals surface area contributed by atoms with E-state index in [0.717, 1.165) is 11.1 Å². The van der Waals surface area contributed by atoms with Crippen LogP contribution in [-0.4, -0.2) is 0 Å². The van der Waals surface area contributed by atoms with E-state index in [4.69, 9.17) is 34.8 Å². The van der Waals surface area contributed by atoms with Crippen LogP contribution in [0.2, 0.25) is 13.0 Å². The largest absolute Gasteiger partial charge is 0.122 e. The summed E-state index contributed by atoms with van der Waals surface area (Å²) in [6, 6.07) is 3.65. The highest BCUT2D eigenvalue weighted by Gasteiger charge is 2.09. The van der Waals surface area contributed by atoms with Crippen molar-refractivity contribution in [2.24, 2.45) is 0 Å². The SMILES string of the molecule is Clc1cc(-c2cc(Cl)sc2Cl)[c]s1. The normalized spacial score (nSPS) is 10.7. The van der Waals surface area contributed by atoms with E-state index in [2.05, 4.69) is 5.38 Å². The molecule has 1 radical (unpaired) electrons. The van der Waals surface area contributed by atoms with Gasteiger partial charge in [-0.25, -0.2) is 0 Å². The predicted octanol–water partition coefficient (Wildman–Crippen LogP) is 5.24. The Morgan fingerprint density at radius 1 is 1.08 bits per heavy atom. The van der Waals surface area contributed by atoms with Gasteiger partial charge in [0.25, 0.3) is 0 Å². The zero-order valence-electron chi connectivity index (χ0n) is 6.11. The Labute approximate surface area is 98.7 Å². The van der Waals surface area contributed by atoms with Crippen LogP contribution in [0.3, 0.4) is 0 Å². The van der Waals surface area contributed by atoms with E-state index in [0.29, 0.717) is 13.0 Å². The molecule has 0 saturated carbocycles. The van der Waals surface area contributed by atoms with Gasteiger partial charge in [0, 0.05) is 11.1 Å². The van der Waals surface area contributed by atoms with Crippen LogP contribution in [0, 0.1) is 5.38 Å². The zero-order chi connectivity index (χ0) is 9.42. The first-order valence-corrected chi connectivity index (χ1v) is 6.06. The standard InChI is InChI=1S/C8H2Cl3S2/c9-6-1-4(3-12-6)5-2-7(10)13-8(5)11/h1-2H. The Balaban J connectivity index is 2.51. The van der Waals surface area contributed by atoms with E-state index in [1.807, 2.05) is 12.1 Å². The van der Waals surface area contributed by atoms with Crippen molar-refractivity contribution in [1.29, 1.82) is 0 Å². The van der Waals surface area contributed by atoms with Gasteiger partial charge in [-0.15, -0.1) is 22.7 Å². The van der Waals surface area contributed by atoms with Crippen LogP contribution in [0.1, 0.15) is 0 Å². The van der Waals surface area contributed by atoms with Gasteiger partial charge in [0.05, 0.1) is 14.1 Å². The quantitative estimate of drug-likeness (QED) is 0.664. The topological polar surface area (TPSA) is 0 Å². The third kappa shape index (κ3) is 2.03.